The summed E-state index contributed by atoms with van der Waals surface area (Å²) in [6, 6.07) is 8.82. The molecule has 7 nitrogen and oxygen atoms in total. The highest BCUT2D eigenvalue weighted by Gasteiger charge is 2.16. The summed E-state index contributed by atoms with van der Waals surface area (Å²) in [6.45, 7) is 6.09. The number of nitrogens with zero attached hydrogens (tertiary/aromatic N) is 4. The molecule has 2 heterocycles. The zero-order valence-electron chi connectivity index (χ0n) is 14.8. The normalized spacial score (nSPS) is 15.2. The van der Waals surface area contributed by atoms with Crippen LogP contribution in [0, 0.1) is 6.92 Å². The van der Waals surface area contributed by atoms with Crippen LogP contribution in [0.3, 0.4) is 0 Å². The Morgan fingerprint density at radius 1 is 1.08 bits per heavy atom. The van der Waals surface area contributed by atoms with E-state index in [0.29, 0.717) is 0 Å². The Kier molecular flexibility index (Phi) is 4.85. The predicted octanol–water partition coefficient (Wildman–Crippen LogP) is 1.09. The van der Waals surface area contributed by atoms with E-state index in [9.17, 15) is 9.59 Å². The maximum absolute atomic E-state index is 12.3. The van der Waals surface area contributed by atoms with E-state index in [-0.39, 0.29) is 17.2 Å². The minimum Gasteiger partial charge on any atom is -0.369 e. The Bertz CT molecular complexity index is 838. The van der Waals surface area contributed by atoms with Crippen LogP contribution in [-0.4, -0.2) is 53.8 Å². The number of aromatic nitrogens is 2. The molecule has 0 unspecified atom stereocenters. The average molecular weight is 341 g/mol. The van der Waals surface area contributed by atoms with E-state index >= 15 is 0 Å². The van der Waals surface area contributed by atoms with Crippen molar-refractivity contribution in [2.75, 3.05) is 43.4 Å². The van der Waals surface area contributed by atoms with Gasteiger partial charge in [0.2, 0.25) is 0 Å². The molecular weight excluding hydrogens is 318 g/mol. The number of hydrogen-bond acceptors (Lipinski definition) is 5. The van der Waals surface area contributed by atoms with E-state index in [1.807, 2.05) is 19.1 Å². The highest BCUT2D eigenvalue weighted by atomic mass is 16.2. The van der Waals surface area contributed by atoms with Gasteiger partial charge in [0.1, 0.15) is 5.69 Å². The van der Waals surface area contributed by atoms with Crippen molar-refractivity contribution < 1.29 is 4.79 Å². The van der Waals surface area contributed by atoms with Crippen molar-refractivity contribution >= 4 is 17.3 Å². The Morgan fingerprint density at radius 3 is 2.44 bits per heavy atom. The predicted molar refractivity (Wildman–Crippen MR) is 98.3 cm³/mol. The second-order valence-electron chi connectivity index (χ2n) is 6.42. The molecule has 2 aromatic rings. The molecule has 1 aromatic carbocycles. The zero-order valence-corrected chi connectivity index (χ0v) is 14.8. The van der Waals surface area contributed by atoms with Gasteiger partial charge in [-0.3, -0.25) is 9.59 Å². The van der Waals surface area contributed by atoms with E-state index in [1.54, 1.807) is 0 Å². The molecule has 1 saturated heterocycles. The number of rotatable bonds is 3. The highest BCUT2D eigenvalue weighted by Crippen LogP contribution is 2.24. The fourth-order valence-corrected chi connectivity index (χ4v) is 2.86. The van der Waals surface area contributed by atoms with Crippen LogP contribution in [-0.2, 0) is 7.05 Å². The number of hydrogen-bond donors (Lipinski definition) is 1. The lowest BCUT2D eigenvalue weighted by molar-refractivity contribution is 0.102. The molecule has 1 amide bonds. The smallest absolute Gasteiger partial charge is 0.276 e. The molecular formula is C18H23N5O2. The molecule has 3 rings (SSSR count). The van der Waals surface area contributed by atoms with Crippen LogP contribution in [0.4, 0.5) is 11.4 Å². The number of aryl methyl sites for hydroxylation is 2. The maximum atomic E-state index is 12.3. The first-order valence-electron chi connectivity index (χ1n) is 8.34. The molecule has 132 valence electrons. The molecule has 25 heavy (non-hydrogen) atoms. The van der Waals surface area contributed by atoms with Crippen LogP contribution in [0.2, 0.25) is 0 Å². The standard InChI is InChI=1S/C18H23N5O2/c1-13-12-14(23-10-8-21(2)9-11-23)4-5-15(13)19-18(25)16-6-7-17(24)22(3)20-16/h4-7,12H,8-11H2,1-3H3,(H,19,25). The average Bonchev–Trinajstić information content (AvgIpc) is 2.59. The second-order valence-corrected chi connectivity index (χ2v) is 6.42. The first-order valence-corrected chi connectivity index (χ1v) is 8.34. The third kappa shape index (κ3) is 3.88. The SMILES string of the molecule is Cc1cc(N2CCN(C)CC2)ccc1NC(=O)c1ccc(=O)n(C)n1. The summed E-state index contributed by atoms with van der Waals surface area (Å²) in [5.74, 6) is -0.328. The Balaban J connectivity index is 1.73. The number of likely N-dealkylation sites (N-methyl/N-ethyl adjacent to an activating group) is 1. The van der Waals surface area contributed by atoms with Crippen molar-refractivity contribution in [3.05, 3.63) is 51.9 Å². The first kappa shape index (κ1) is 17.2. The second kappa shape index (κ2) is 7.06. The van der Waals surface area contributed by atoms with Crippen LogP contribution >= 0.6 is 0 Å². The summed E-state index contributed by atoms with van der Waals surface area (Å²) in [7, 11) is 3.66. The molecule has 0 aliphatic carbocycles. The van der Waals surface area contributed by atoms with Gasteiger partial charge in [0.15, 0.2) is 0 Å². The molecule has 1 aliphatic rings. The van der Waals surface area contributed by atoms with E-state index in [0.717, 1.165) is 42.1 Å². The number of nitrogens with one attached hydrogen (secondary N) is 1. The monoisotopic (exact) mass is 341 g/mol. The van der Waals surface area contributed by atoms with Crippen molar-refractivity contribution in [1.82, 2.24) is 14.7 Å². The van der Waals surface area contributed by atoms with Gasteiger partial charge in [-0.15, -0.1) is 0 Å². The zero-order chi connectivity index (χ0) is 18.0. The third-order valence-electron chi connectivity index (χ3n) is 4.52. The Labute approximate surface area is 146 Å². The molecule has 1 aliphatic heterocycles. The van der Waals surface area contributed by atoms with E-state index < -0.39 is 0 Å². The lowest BCUT2D eigenvalue weighted by Gasteiger charge is -2.34. The Morgan fingerprint density at radius 2 is 1.80 bits per heavy atom. The molecule has 0 spiro atoms. The van der Waals surface area contributed by atoms with Gasteiger partial charge in [0, 0.05) is 50.7 Å². The van der Waals surface area contributed by atoms with Crippen molar-refractivity contribution in [3.63, 3.8) is 0 Å². The van der Waals surface area contributed by atoms with E-state index in [1.165, 1.54) is 24.9 Å². The van der Waals surface area contributed by atoms with Crippen molar-refractivity contribution in [2.24, 2.45) is 7.05 Å². The molecule has 1 N–H and O–H groups in total. The molecule has 0 radical (unpaired) electrons. The van der Waals surface area contributed by atoms with Gasteiger partial charge in [0.05, 0.1) is 0 Å². The lowest BCUT2D eigenvalue weighted by Crippen LogP contribution is -2.44. The molecule has 7 heteroatoms. The third-order valence-corrected chi connectivity index (χ3v) is 4.52. The quantitative estimate of drug-likeness (QED) is 0.905. The fourth-order valence-electron chi connectivity index (χ4n) is 2.86. The van der Waals surface area contributed by atoms with Gasteiger partial charge in [-0.1, -0.05) is 0 Å². The summed E-state index contributed by atoms with van der Waals surface area (Å²) in [4.78, 5) is 28.4. The van der Waals surface area contributed by atoms with Crippen LogP contribution in [0.5, 0.6) is 0 Å². The van der Waals surface area contributed by atoms with Crippen LogP contribution in [0.1, 0.15) is 16.1 Å². The largest absolute Gasteiger partial charge is 0.369 e. The fraction of sp³-hybridized carbons (Fsp3) is 0.389. The summed E-state index contributed by atoms with van der Waals surface area (Å²) >= 11 is 0. The van der Waals surface area contributed by atoms with Gasteiger partial charge >= 0.3 is 0 Å². The van der Waals surface area contributed by atoms with Crippen LogP contribution in [0.25, 0.3) is 0 Å². The number of anilines is 2. The van der Waals surface area contributed by atoms with Crippen molar-refractivity contribution in [1.29, 1.82) is 0 Å². The minimum atomic E-state index is -0.328. The van der Waals surface area contributed by atoms with Gasteiger partial charge in [-0.2, -0.15) is 5.10 Å². The highest BCUT2D eigenvalue weighted by molar-refractivity contribution is 6.03. The van der Waals surface area contributed by atoms with Crippen molar-refractivity contribution in [2.45, 2.75) is 6.92 Å². The summed E-state index contributed by atoms with van der Waals surface area (Å²) < 4.78 is 1.15. The number of amides is 1. The minimum absolute atomic E-state index is 0.213. The maximum Gasteiger partial charge on any atom is 0.276 e. The number of benzene rings is 1. The summed E-state index contributed by atoms with van der Waals surface area (Å²) in [5, 5.41) is 6.84. The Hall–Kier alpha value is -2.67. The number of carbonyl (C=O) groups excluding carboxylic acids is 1. The van der Waals surface area contributed by atoms with Crippen LogP contribution < -0.4 is 15.8 Å². The van der Waals surface area contributed by atoms with Crippen LogP contribution in [0.15, 0.2) is 35.1 Å². The van der Waals surface area contributed by atoms with Crippen molar-refractivity contribution in [3.8, 4) is 0 Å². The summed E-state index contributed by atoms with van der Waals surface area (Å²) in [5.41, 5.74) is 2.88. The number of piperazine rings is 1. The van der Waals surface area contributed by atoms with Gasteiger partial charge in [0.25, 0.3) is 11.5 Å². The van der Waals surface area contributed by atoms with Gasteiger partial charge < -0.3 is 15.1 Å². The number of carbonyl (C=O) groups is 1. The first-order chi connectivity index (χ1) is 11.9. The lowest BCUT2D eigenvalue weighted by atomic mass is 10.1. The van der Waals surface area contributed by atoms with E-state index in [2.05, 4.69) is 33.3 Å². The molecule has 0 atom stereocenters. The van der Waals surface area contributed by atoms with Gasteiger partial charge in [-0.05, 0) is 43.8 Å². The molecule has 1 fully saturated rings. The molecule has 0 saturated carbocycles. The van der Waals surface area contributed by atoms with E-state index in [4.69, 9.17) is 0 Å². The molecule has 0 bridgehead atoms. The topological polar surface area (TPSA) is 70.5 Å². The molecule has 1 aromatic heterocycles. The summed E-state index contributed by atoms with van der Waals surface area (Å²) in [6.07, 6.45) is 0. The van der Waals surface area contributed by atoms with Gasteiger partial charge in [-0.25, -0.2) is 4.68 Å².